The van der Waals surface area contributed by atoms with Crippen LogP contribution in [0.15, 0.2) is 60.7 Å². The van der Waals surface area contributed by atoms with Gasteiger partial charge in [0.1, 0.15) is 5.82 Å². The van der Waals surface area contributed by atoms with Gasteiger partial charge >= 0.3 is 6.18 Å². The van der Waals surface area contributed by atoms with Crippen molar-refractivity contribution in [1.29, 1.82) is 0 Å². The van der Waals surface area contributed by atoms with E-state index < -0.39 is 11.9 Å². The second-order valence-corrected chi connectivity index (χ2v) is 6.60. The normalized spacial score (nSPS) is 11.8. The zero-order chi connectivity index (χ0) is 19.9. The van der Waals surface area contributed by atoms with Gasteiger partial charge in [0.2, 0.25) is 0 Å². The Kier molecular flexibility index (Phi) is 4.30. The fraction of sp³-hybridized carbons (Fsp3) is 0.143. The van der Waals surface area contributed by atoms with Gasteiger partial charge in [-0.1, -0.05) is 42.5 Å². The molecular weight excluding hydrogens is 365 g/mol. The van der Waals surface area contributed by atoms with Crippen LogP contribution in [0.4, 0.5) is 24.7 Å². The Bertz CT molecular complexity index is 1150. The van der Waals surface area contributed by atoms with Crippen molar-refractivity contribution in [3.63, 3.8) is 0 Å². The van der Waals surface area contributed by atoms with E-state index in [1.807, 2.05) is 31.2 Å². The van der Waals surface area contributed by atoms with Crippen LogP contribution in [-0.2, 0) is 6.18 Å². The van der Waals surface area contributed by atoms with Gasteiger partial charge in [-0.05, 0) is 37.1 Å². The van der Waals surface area contributed by atoms with E-state index in [9.17, 15) is 13.2 Å². The second kappa shape index (κ2) is 6.67. The van der Waals surface area contributed by atoms with E-state index in [0.717, 1.165) is 11.3 Å². The average Bonchev–Trinajstić information content (AvgIpc) is 3.02. The second-order valence-electron chi connectivity index (χ2n) is 6.60. The third-order valence-electron chi connectivity index (χ3n) is 4.34. The zero-order valence-corrected chi connectivity index (χ0v) is 15.2. The minimum atomic E-state index is -4.60. The van der Waals surface area contributed by atoms with Gasteiger partial charge in [0, 0.05) is 17.4 Å². The Morgan fingerprint density at radius 2 is 1.68 bits per heavy atom. The van der Waals surface area contributed by atoms with Crippen molar-refractivity contribution in [3.8, 4) is 11.1 Å². The van der Waals surface area contributed by atoms with Crippen LogP contribution >= 0.6 is 0 Å². The van der Waals surface area contributed by atoms with Crippen LogP contribution in [0.3, 0.4) is 0 Å². The van der Waals surface area contributed by atoms with E-state index in [4.69, 9.17) is 0 Å². The Balaban J connectivity index is 1.97. The fourth-order valence-electron chi connectivity index (χ4n) is 3.17. The van der Waals surface area contributed by atoms with Gasteiger partial charge in [0.25, 0.3) is 0 Å². The smallest absolute Gasteiger partial charge is 0.340 e. The predicted octanol–water partition coefficient (Wildman–Crippen LogP) is 5.78. The molecule has 4 aromatic rings. The van der Waals surface area contributed by atoms with Crippen LogP contribution < -0.4 is 5.32 Å². The molecule has 142 valence electrons. The van der Waals surface area contributed by atoms with Crippen molar-refractivity contribution in [2.75, 3.05) is 5.32 Å². The molecule has 0 spiro atoms. The first-order valence-corrected chi connectivity index (χ1v) is 8.69. The number of hydrogen-bond acceptors (Lipinski definition) is 3. The van der Waals surface area contributed by atoms with Crippen LogP contribution in [0, 0.1) is 13.8 Å². The molecule has 0 aliphatic carbocycles. The number of benzene rings is 2. The summed E-state index contributed by atoms with van der Waals surface area (Å²) in [4.78, 5) is 4.37. The highest BCUT2D eigenvalue weighted by Gasteiger charge is 2.39. The number of nitrogens with one attached hydrogen (secondary N) is 1. The summed E-state index contributed by atoms with van der Waals surface area (Å²) in [6.07, 6.45) is -4.60. The summed E-state index contributed by atoms with van der Waals surface area (Å²) < 4.78 is 42.5. The van der Waals surface area contributed by atoms with Crippen molar-refractivity contribution in [2.24, 2.45) is 0 Å². The Labute approximate surface area is 159 Å². The third kappa shape index (κ3) is 3.31. The number of alkyl halides is 3. The third-order valence-corrected chi connectivity index (χ3v) is 4.34. The van der Waals surface area contributed by atoms with Crippen LogP contribution in [0.5, 0.6) is 0 Å². The lowest BCUT2D eigenvalue weighted by Gasteiger charge is -2.10. The molecule has 2 heterocycles. The van der Waals surface area contributed by atoms with Crippen LogP contribution in [0.25, 0.3) is 16.8 Å². The fourth-order valence-corrected chi connectivity index (χ4v) is 3.17. The summed E-state index contributed by atoms with van der Waals surface area (Å²) in [5, 5.41) is 7.05. The Hall–Kier alpha value is -3.35. The highest BCUT2D eigenvalue weighted by molar-refractivity contribution is 5.82. The standard InChI is InChI=1S/C21H17F3N4/c1-13-7-6-10-16(11-13)26-17-12-14(2)25-20-18(15-8-4-3-5-9-15)19(21(22,23)24)27-28(17)20/h3-12,26H,1-2H3. The molecule has 0 atom stereocenters. The number of aromatic nitrogens is 3. The lowest BCUT2D eigenvalue weighted by molar-refractivity contribution is -0.140. The quantitative estimate of drug-likeness (QED) is 0.489. The summed E-state index contributed by atoms with van der Waals surface area (Å²) in [6.45, 7) is 3.69. The maximum Gasteiger partial charge on any atom is 0.435 e. The highest BCUT2D eigenvalue weighted by Crippen LogP contribution is 2.39. The molecule has 0 radical (unpaired) electrons. The van der Waals surface area contributed by atoms with Gasteiger partial charge in [-0.3, -0.25) is 0 Å². The highest BCUT2D eigenvalue weighted by atomic mass is 19.4. The van der Waals surface area contributed by atoms with Crippen molar-refractivity contribution in [2.45, 2.75) is 20.0 Å². The van der Waals surface area contributed by atoms with Crippen LogP contribution in [0.2, 0.25) is 0 Å². The average molecular weight is 382 g/mol. The van der Waals surface area contributed by atoms with Crippen molar-refractivity contribution < 1.29 is 13.2 Å². The topological polar surface area (TPSA) is 42.2 Å². The number of halogens is 3. The zero-order valence-electron chi connectivity index (χ0n) is 15.2. The molecule has 4 rings (SSSR count). The number of nitrogens with zero attached hydrogens (tertiary/aromatic N) is 3. The van der Waals surface area contributed by atoms with Crippen molar-refractivity contribution >= 4 is 17.2 Å². The van der Waals surface area contributed by atoms with E-state index in [1.54, 1.807) is 43.3 Å². The summed E-state index contributed by atoms with van der Waals surface area (Å²) in [7, 11) is 0. The maximum atomic E-state index is 13.8. The molecular formula is C21H17F3N4. The molecule has 0 aliphatic rings. The van der Waals surface area contributed by atoms with Crippen molar-refractivity contribution in [3.05, 3.63) is 77.6 Å². The van der Waals surface area contributed by atoms with Gasteiger partial charge in [0.05, 0.1) is 5.56 Å². The first kappa shape index (κ1) is 18.0. The minimum absolute atomic E-state index is 0.0240. The van der Waals surface area contributed by atoms with Gasteiger partial charge in [-0.2, -0.15) is 22.8 Å². The lowest BCUT2D eigenvalue weighted by Crippen LogP contribution is -2.08. The predicted molar refractivity (Wildman–Crippen MR) is 103 cm³/mol. The lowest BCUT2D eigenvalue weighted by atomic mass is 10.1. The van der Waals surface area contributed by atoms with E-state index in [0.29, 0.717) is 17.1 Å². The maximum absolute atomic E-state index is 13.8. The molecule has 1 N–H and O–H groups in total. The number of rotatable bonds is 3. The molecule has 0 amide bonds. The number of hydrogen-bond donors (Lipinski definition) is 1. The molecule has 7 heteroatoms. The first-order chi connectivity index (χ1) is 13.3. The molecule has 0 bridgehead atoms. The van der Waals surface area contributed by atoms with Crippen molar-refractivity contribution in [1.82, 2.24) is 14.6 Å². The number of fused-ring (bicyclic) bond motifs is 1. The summed E-state index contributed by atoms with van der Waals surface area (Å²) in [5.74, 6) is 0.417. The van der Waals surface area contributed by atoms with Crippen LogP contribution in [0.1, 0.15) is 17.0 Å². The van der Waals surface area contributed by atoms with E-state index >= 15 is 0 Å². The molecule has 2 aromatic heterocycles. The summed E-state index contributed by atoms with van der Waals surface area (Å²) in [5.41, 5.74) is 1.99. The largest absolute Gasteiger partial charge is 0.435 e. The number of aryl methyl sites for hydroxylation is 2. The molecule has 0 unspecified atom stereocenters. The van der Waals surface area contributed by atoms with E-state index in [-0.39, 0.29) is 11.2 Å². The van der Waals surface area contributed by atoms with Crippen LogP contribution in [-0.4, -0.2) is 14.6 Å². The van der Waals surface area contributed by atoms with Gasteiger partial charge < -0.3 is 5.32 Å². The van der Waals surface area contributed by atoms with E-state index in [2.05, 4.69) is 15.4 Å². The summed E-state index contributed by atoms with van der Waals surface area (Å²) >= 11 is 0. The molecule has 0 fully saturated rings. The molecule has 0 aliphatic heterocycles. The molecule has 0 saturated heterocycles. The molecule has 0 saturated carbocycles. The minimum Gasteiger partial charge on any atom is -0.340 e. The van der Waals surface area contributed by atoms with E-state index in [1.165, 1.54) is 4.52 Å². The first-order valence-electron chi connectivity index (χ1n) is 8.69. The molecule has 4 nitrogen and oxygen atoms in total. The monoisotopic (exact) mass is 382 g/mol. The molecule has 28 heavy (non-hydrogen) atoms. The SMILES string of the molecule is Cc1cccc(Nc2cc(C)nc3c(-c4ccccc4)c(C(F)(F)F)nn23)c1. The molecule has 2 aromatic carbocycles. The Morgan fingerprint density at radius 1 is 0.929 bits per heavy atom. The van der Waals surface area contributed by atoms with Gasteiger partial charge in [-0.25, -0.2) is 4.98 Å². The summed E-state index contributed by atoms with van der Waals surface area (Å²) in [6, 6.07) is 17.7. The number of anilines is 2. The van der Waals surface area contributed by atoms with Gasteiger partial charge in [0.15, 0.2) is 11.3 Å². The Morgan fingerprint density at radius 3 is 2.36 bits per heavy atom. The van der Waals surface area contributed by atoms with Gasteiger partial charge in [-0.15, -0.1) is 0 Å².